The van der Waals surface area contributed by atoms with Gasteiger partial charge in [-0.1, -0.05) is 0 Å². The Morgan fingerprint density at radius 1 is 1.12 bits per heavy atom. The van der Waals surface area contributed by atoms with Crippen molar-refractivity contribution in [3.05, 3.63) is 22.5 Å². The summed E-state index contributed by atoms with van der Waals surface area (Å²) in [6, 6.07) is 0. The van der Waals surface area contributed by atoms with Crippen molar-refractivity contribution in [2.45, 2.75) is 11.7 Å². The molecule has 1 unspecified atom stereocenters. The van der Waals surface area contributed by atoms with Crippen LogP contribution >= 0.6 is 0 Å². The van der Waals surface area contributed by atoms with E-state index in [1.54, 1.807) is 0 Å². The summed E-state index contributed by atoms with van der Waals surface area (Å²) in [5, 5.41) is 16.4. The number of allylic oxidation sites excluding steroid dienone is 1. The van der Waals surface area contributed by atoms with Crippen molar-refractivity contribution in [2.75, 3.05) is 0 Å². The van der Waals surface area contributed by atoms with Gasteiger partial charge in [-0.15, -0.1) is 0 Å². The molecule has 0 aliphatic heterocycles. The molecule has 0 bridgehead atoms. The lowest BCUT2D eigenvalue weighted by molar-refractivity contribution is 0.315. The Hall–Kier alpha value is -1.10. The second-order valence-electron chi connectivity index (χ2n) is 3.06. The monoisotopic (exact) mass is 272 g/mol. The molecule has 0 heterocycles. The molecule has 0 aromatic heterocycles. The maximum atomic E-state index is 10.7. The molecule has 0 spiro atoms. The molecule has 16 heavy (non-hydrogen) atoms. The molecule has 1 atom stereocenters. The van der Waals surface area contributed by atoms with Crippen molar-refractivity contribution in [3.8, 4) is 0 Å². The number of hydrogen-bond donors (Lipinski definition) is 4. The molecule has 0 saturated heterocycles. The van der Waals surface area contributed by atoms with Crippen molar-refractivity contribution < 1.29 is 36.2 Å². The number of rotatable bonds is 2. The molecule has 0 saturated carbocycles. The van der Waals surface area contributed by atoms with Gasteiger partial charge < -0.3 is 10.2 Å². The van der Waals surface area contributed by atoms with Crippen LogP contribution in [0.4, 0.5) is 0 Å². The zero-order chi connectivity index (χ0) is 12.7. The van der Waals surface area contributed by atoms with Crippen molar-refractivity contribution in [1.82, 2.24) is 0 Å². The second kappa shape index (κ2) is 3.73. The standard InChI is InChI=1S/C6H8O8S2/c7-4-1-3(15(9,10)11)2-5(6(4)8)16(12,13)14/h1,3,7-8H,2H2,(H,9,10,11)(H,12,13,14). The Labute approximate surface area is 91.0 Å². The van der Waals surface area contributed by atoms with Crippen molar-refractivity contribution in [3.63, 3.8) is 0 Å². The Morgan fingerprint density at radius 2 is 1.62 bits per heavy atom. The average molecular weight is 272 g/mol. The first-order valence-corrected chi connectivity index (χ1v) is 6.75. The van der Waals surface area contributed by atoms with E-state index in [0.717, 1.165) is 0 Å². The first-order chi connectivity index (χ1) is 7.03. The van der Waals surface area contributed by atoms with Gasteiger partial charge in [-0.2, -0.15) is 16.8 Å². The van der Waals surface area contributed by atoms with Gasteiger partial charge in [-0.3, -0.25) is 9.11 Å². The fourth-order valence-corrected chi connectivity index (χ4v) is 2.68. The summed E-state index contributed by atoms with van der Waals surface area (Å²) in [6.07, 6.45) is -0.285. The third-order valence-corrected chi connectivity index (χ3v) is 3.98. The van der Waals surface area contributed by atoms with Gasteiger partial charge >= 0.3 is 0 Å². The van der Waals surface area contributed by atoms with E-state index in [0.29, 0.717) is 6.08 Å². The fourth-order valence-electron chi connectivity index (χ4n) is 1.15. The molecule has 92 valence electrons. The van der Waals surface area contributed by atoms with Crippen LogP contribution in [-0.4, -0.2) is 41.4 Å². The Kier molecular flexibility index (Phi) is 3.02. The molecule has 10 heteroatoms. The fraction of sp³-hybridized carbons (Fsp3) is 0.333. The first-order valence-electron chi connectivity index (χ1n) is 3.80. The topological polar surface area (TPSA) is 149 Å². The normalized spacial score (nSPS) is 23.1. The lowest BCUT2D eigenvalue weighted by Gasteiger charge is -2.17. The molecule has 1 aliphatic carbocycles. The lowest BCUT2D eigenvalue weighted by Crippen LogP contribution is -2.25. The summed E-state index contributed by atoms with van der Waals surface area (Å²) in [5.41, 5.74) is 0. The van der Waals surface area contributed by atoms with Crippen molar-refractivity contribution in [2.24, 2.45) is 0 Å². The number of aliphatic hydroxyl groups excluding tert-OH is 2. The van der Waals surface area contributed by atoms with Gasteiger partial charge in [0.1, 0.15) is 10.2 Å². The Bertz CT molecular complexity index is 564. The van der Waals surface area contributed by atoms with Gasteiger partial charge in [-0.25, -0.2) is 0 Å². The minimum Gasteiger partial charge on any atom is -0.504 e. The third-order valence-electron chi connectivity index (χ3n) is 1.93. The third kappa shape index (κ3) is 2.52. The van der Waals surface area contributed by atoms with Crippen LogP contribution in [0.15, 0.2) is 22.5 Å². The molecule has 1 aliphatic rings. The van der Waals surface area contributed by atoms with Gasteiger partial charge in [0.15, 0.2) is 11.5 Å². The molecular weight excluding hydrogens is 264 g/mol. The van der Waals surface area contributed by atoms with Crippen LogP contribution < -0.4 is 0 Å². The predicted octanol–water partition coefficient (Wildman–Crippen LogP) is -0.254. The molecule has 4 N–H and O–H groups in total. The van der Waals surface area contributed by atoms with Crippen LogP contribution in [0.2, 0.25) is 0 Å². The summed E-state index contributed by atoms with van der Waals surface area (Å²) in [6.45, 7) is 0. The van der Waals surface area contributed by atoms with Crippen molar-refractivity contribution >= 4 is 20.2 Å². The maximum absolute atomic E-state index is 10.7. The van der Waals surface area contributed by atoms with E-state index in [1.165, 1.54) is 0 Å². The van der Waals surface area contributed by atoms with Gasteiger partial charge in [0.25, 0.3) is 20.2 Å². The highest BCUT2D eigenvalue weighted by Crippen LogP contribution is 2.28. The molecule has 8 nitrogen and oxygen atoms in total. The van der Waals surface area contributed by atoms with Crippen LogP contribution in [0.25, 0.3) is 0 Å². The highest BCUT2D eigenvalue weighted by molar-refractivity contribution is 7.90. The molecule has 0 fully saturated rings. The highest BCUT2D eigenvalue weighted by Gasteiger charge is 2.34. The highest BCUT2D eigenvalue weighted by atomic mass is 32.2. The van der Waals surface area contributed by atoms with E-state index in [2.05, 4.69) is 0 Å². The van der Waals surface area contributed by atoms with Gasteiger partial charge in [0.2, 0.25) is 0 Å². The van der Waals surface area contributed by atoms with E-state index in [9.17, 15) is 16.8 Å². The van der Waals surface area contributed by atoms with Crippen LogP contribution in [0.1, 0.15) is 6.42 Å². The molecule has 1 rings (SSSR count). The summed E-state index contributed by atoms with van der Waals surface area (Å²) in [5.74, 6) is -2.18. The Balaban J connectivity index is 3.34. The minimum atomic E-state index is -4.85. The molecular formula is C6H8O8S2. The summed E-state index contributed by atoms with van der Waals surface area (Å²) >= 11 is 0. The summed E-state index contributed by atoms with van der Waals surface area (Å²) in [4.78, 5) is -1.06. The van der Waals surface area contributed by atoms with E-state index < -0.39 is 48.3 Å². The predicted molar refractivity (Wildman–Crippen MR) is 51.9 cm³/mol. The van der Waals surface area contributed by atoms with Gasteiger partial charge in [-0.05, 0) is 6.08 Å². The number of hydrogen-bond acceptors (Lipinski definition) is 6. The average Bonchev–Trinajstić information content (AvgIpc) is 2.05. The van der Waals surface area contributed by atoms with Crippen molar-refractivity contribution in [1.29, 1.82) is 0 Å². The quantitative estimate of drug-likeness (QED) is 0.502. The summed E-state index contributed by atoms with van der Waals surface area (Å²) in [7, 11) is -9.48. The minimum absolute atomic E-state index is 0.569. The van der Waals surface area contributed by atoms with E-state index >= 15 is 0 Å². The zero-order valence-electron chi connectivity index (χ0n) is 7.60. The SMILES string of the molecule is O=S(=O)(O)C1=C(O)C(O)=CC(S(=O)(=O)O)C1. The zero-order valence-corrected chi connectivity index (χ0v) is 9.23. The smallest absolute Gasteiger partial charge is 0.294 e. The van der Waals surface area contributed by atoms with Crippen LogP contribution in [0.3, 0.4) is 0 Å². The van der Waals surface area contributed by atoms with E-state index in [4.69, 9.17) is 19.3 Å². The summed E-state index contributed by atoms with van der Waals surface area (Å²) < 4.78 is 60.3. The number of aliphatic hydroxyl groups is 2. The largest absolute Gasteiger partial charge is 0.504 e. The van der Waals surface area contributed by atoms with E-state index in [1.807, 2.05) is 0 Å². The second-order valence-corrected chi connectivity index (χ2v) is 6.13. The Morgan fingerprint density at radius 3 is 2.00 bits per heavy atom. The van der Waals surface area contributed by atoms with Crippen LogP contribution in [-0.2, 0) is 20.2 Å². The molecule has 0 radical (unpaired) electrons. The van der Waals surface area contributed by atoms with Crippen LogP contribution in [0.5, 0.6) is 0 Å². The molecule has 0 amide bonds. The molecule has 0 aromatic carbocycles. The van der Waals surface area contributed by atoms with Crippen LogP contribution in [0, 0.1) is 0 Å². The van der Waals surface area contributed by atoms with Gasteiger partial charge in [0, 0.05) is 6.42 Å². The lowest BCUT2D eigenvalue weighted by atomic mass is 10.1. The maximum Gasteiger partial charge on any atom is 0.294 e. The molecule has 0 aromatic rings. The van der Waals surface area contributed by atoms with E-state index in [-0.39, 0.29) is 0 Å². The first kappa shape index (κ1) is 13.0. The van der Waals surface area contributed by atoms with Gasteiger partial charge in [0.05, 0.1) is 0 Å².